The van der Waals surface area contributed by atoms with Crippen LogP contribution in [0, 0.1) is 12.8 Å². The van der Waals surface area contributed by atoms with Gasteiger partial charge in [0.05, 0.1) is 5.92 Å². The van der Waals surface area contributed by atoms with Crippen molar-refractivity contribution in [3.8, 4) is 11.1 Å². The molecule has 0 amide bonds. The maximum atomic E-state index is 11.2. The van der Waals surface area contributed by atoms with Crippen molar-refractivity contribution in [2.24, 2.45) is 13.0 Å². The molecule has 2 heterocycles. The van der Waals surface area contributed by atoms with Crippen LogP contribution in [0.2, 0.25) is 0 Å². The smallest absolute Gasteiger partial charge is 0.306 e. The van der Waals surface area contributed by atoms with Crippen LogP contribution in [0.15, 0.2) is 42.7 Å². The van der Waals surface area contributed by atoms with Gasteiger partial charge in [0.1, 0.15) is 0 Å². The van der Waals surface area contributed by atoms with Crippen LogP contribution < -0.4 is 0 Å². The van der Waals surface area contributed by atoms with Gasteiger partial charge in [0.15, 0.2) is 0 Å². The second-order valence-electron chi connectivity index (χ2n) is 6.03. The van der Waals surface area contributed by atoms with Gasteiger partial charge in [-0.25, -0.2) is 0 Å². The van der Waals surface area contributed by atoms with E-state index in [-0.39, 0.29) is 0 Å². The molecule has 0 saturated carbocycles. The number of benzene rings is 1. The van der Waals surface area contributed by atoms with Gasteiger partial charge in [-0.05, 0) is 54.3 Å². The summed E-state index contributed by atoms with van der Waals surface area (Å²) in [7, 11) is 2.03. The Hall–Kier alpha value is -2.62. The second-order valence-corrected chi connectivity index (χ2v) is 6.03. The number of aliphatic carboxylic acids is 1. The third kappa shape index (κ3) is 2.72. The Bertz CT molecular complexity index is 866. The van der Waals surface area contributed by atoms with Gasteiger partial charge in [0.25, 0.3) is 0 Å². The monoisotopic (exact) mass is 308 g/mol. The molecule has 2 aromatic heterocycles. The van der Waals surface area contributed by atoms with E-state index in [1.807, 2.05) is 19.2 Å². The van der Waals surface area contributed by atoms with Crippen LogP contribution in [-0.4, -0.2) is 20.6 Å². The predicted molar refractivity (Wildman–Crippen MR) is 91.4 cm³/mol. The number of aromatic nitrogens is 2. The predicted octanol–water partition coefficient (Wildman–Crippen LogP) is 3.81. The van der Waals surface area contributed by atoms with E-state index in [0.717, 1.165) is 33.3 Å². The minimum absolute atomic E-state index is 0.399. The first-order chi connectivity index (χ1) is 11.0. The zero-order valence-corrected chi connectivity index (χ0v) is 13.6. The topological polar surface area (TPSA) is 55.1 Å². The van der Waals surface area contributed by atoms with Crippen LogP contribution in [0.5, 0.6) is 0 Å². The highest BCUT2D eigenvalue weighted by atomic mass is 16.4. The SMILES string of the molecule is Cc1c(CC(C)C(=O)O)c2cc(-c3ccncc3)ccc2n1C. The fourth-order valence-corrected chi connectivity index (χ4v) is 3.02. The number of hydrogen-bond donors (Lipinski definition) is 1. The lowest BCUT2D eigenvalue weighted by Gasteiger charge is -2.07. The summed E-state index contributed by atoms with van der Waals surface area (Å²) < 4.78 is 2.13. The zero-order valence-electron chi connectivity index (χ0n) is 13.6. The maximum Gasteiger partial charge on any atom is 0.306 e. The number of rotatable bonds is 4. The van der Waals surface area contributed by atoms with E-state index >= 15 is 0 Å². The molecule has 23 heavy (non-hydrogen) atoms. The normalized spacial score (nSPS) is 12.5. The van der Waals surface area contributed by atoms with Crippen molar-refractivity contribution in [2.75, 3.05) is 0 Å². The third-order valence-corrected chi connectivity index (χ3v) is 4.57. The van der Waals surface area contributed by atoms with Crippen molar-refractivity contribution in [1.82, 2.24) is 9.55 Å². The number of carbonyl (C=O) groups is 1. The van der Waals surface area contributed by atoms with Crippen molar-refractivity contribution in [2.45, 2.75) is 20.3 Å². The first kappa shape index (κ1) is 15.3. The molecule has 1 N–H and O–H groups in total. The summed E-state index contributed by atoms with van der Waals surface area (Å²) in [4.78, 5) is 15.3. The molecule has 4 nitrogen and oxygen atoms in total. The minimum atomic E-state index is -0.758. The number of carboxylic acid groups (broad SMARTS) is 1. The maximum absolute atomic E-state index is 11.2. The van der Waals surface area contributed by atoms with Crippen LogP contribution in [0.3, 0.4) is 0 Å². The van der Waals surface area contributed by atoms with Crippen LogP contribution in [0.1, 0.15) is 18.2 Å². The molecule has 3 rings (SSSR count). The standard InChI is InChI=1S/C19H20N2O2/c1-12(19(22)23)10-16-13(2)21(3)18-5-4-15(11-17(16)18)14-6-8-20-9-7-14/h4-9,11-12H,10H2,1-3H3,(H,22,23). The van der Waals surface area contributed by atoms with Gasteiger partial charge in [0.2, 0.25) is 0 Å². The molecule has 0 bridgehead atoms. The Labute approximate surface area is 135 Å². The molecule has 0 spiro atoms. The van der Waals surface area contributed by atoms with Gasteiger partial charge < -0.3 is 9.67 Å². The van der Waals surface area contributed by atoms with Gasteiger partial charge >= 0.3 is 5.97 Å². The van der Waals surface area contributed by atoms with Crippen molar-refractivity contribution in [3.05, 3.63) is 54.0 Å². The lowest BCUT2D eigenvalue weighted by Crippen LogP contribution is -2.12. The summed E-state index contributed by atoms with van der Waals surface area (Å²) >= 11 is 0. The first-order valence-corrected chi connectivity index (χ1v) is 7.70. The first-order valence-electron chi connectivity index (χ1n) is 7.70. The summed E-state index contributed by atoms with van der Waals surface area (Å²) in [5.74, 6) is -1.16. The number of pyridine rings is 1. The quantitative estimate of drug-likeness (QED) is 0.797. The lowest BCUT2D eigenvalue weighted by molar-refractivity contribution is -0.141. The number of hydrogen-bond acceptors (Lipinski definition) is 2. The number of nitrogens with zero attached hydrogens (tertiary/aromatic N) is 2. The molecule has 0 radical (unpaired) electrons. The van der Waals surface area contributed by atoms with Crippen LogP contribution in [-0.2, 0) is 18.3 Å². The Balaban J connectivity index is 2.15. The van der Waals surface area contributed by atoms with E-state index in [9.17, 15) is 9.90 Å². The third-order valence-electron chi connectivity index (χ3n) is 4.57. The molecular weight excluding hydrogens is 288 g/mol. The number of aryl methyl sites for hydroxylation is 1. The van der Waals surface area contributed by atoms with Crippen LogP contribution in [0.4, 0.5) is 0 Å². The van der Waals surface area contributed by atoms with Crippen LogP contribution >= 0.6 is 0 Å². The van der Waals surface area contributed by atoms with E-state index in [2.05, 4.69) is 34.7 Å². The Morgan fingerprint density at radius 2 is 1.91 bits per heavy atom. The second kappa shape index (κ2) is 5.88. The molecule has 0 aliphatic rings. The van der Waals surface area contributed by atoms with E-state index < -0.39 is 11.9 Å². The highest BCUT2D eigenvalue weighted by Gasteiger charge is 2.18. The molecule has 0 saturated heterocycles. The van der Waals surface area contributed by atoms with Gasteiger partial charge in [-0.3, -0.25) is 9.78 Å². The molecule has 0 aliphatic heterocycles. The van der Waals surface area contributed by atoms with Crippen molar-refractivity contribution >= 4 is 16.9 Å². The largest absolute Gasteiger partial charge is 0.481 e. The molecule has 1 atom stereocenters. The Kier molecular flexibility index (Phi) is 3.90. The summed E-state index contributed by atoms with van der Waals surface area (Å²) in [6.07, 6.45) is 4.10. The van der Waals surface area contributed by atoms with E-state index in [4.69, 9.17) is 0 Å². The summed E-state index contributed by atoms with van der Waals surface area (Å²) in [5.41, 5.74) is 5.61. The average Bonchev–Trinajstić information content (AvgIpc) is 2.80. The summed E-state index contributed by atoms with van der Waals surface area (Å²) in [6, 6.07) is 10.3. The molecular formula is C19H20N2O2. The molecule has 0 aliphatic carbocycles. The van der Waals surface area contributed by atoms with E-state index in [1.165, 1.54) is 0 Å². The van der Waals surface area contributed by atoms with Gasteiger partial charge in [-0.1, -0.05) is 13.0 Å². The highest BCUT2D eigenvalue weighted by molar-refractivity contribution is 5.90. The average molecular weight is 308 g/mol. The van der Waals surface area contributed by atoms with Crippen molar-refractivity contribution in [1.29, 1.82) is 0 Å². The summed E-state index contributed by atoms with van der Waals surface area (Å²) in [6.45, 7) is 3.81. The van der Waals surface area contributed by atoms with Crippen LogP contribution in [0.25, 0.3) is 22.0 Å². The minimum Gasteiger partial charge on any atom is -0.481 e. The van der Waals surface area contributed by atoms with Gasteiger partial charge in [-0.2, -0.15) is 0 Å². The lowest BCUT2D eigenvalue weighted by atomic mass is 9.97. The fraction of sp³-hybridized carbons (Fsp3) is 0.263. The van der Waals surface area contributed by atoms with E-state index in [1.54, 1.807) is 19.3 Å². The Morgan fingerprint density at radius 3 is 2.57 bits per heavy atom. The number of carboxylic acids is 1. The molecule has 118 valence electrons. The van der Waals surface area contributed by atoms with Gasteiger partial charge in [-0.15, -0.1) is 0 Å². The molecule has 1 aromatic carbocycles. The van der Waals surface area contributed by atoms with Gasteiger partial charge in [0, 0.05) is 36.0 Å². The Morgan fingerprint density at radius 1 is 1.22 bits per heavy atom. The molecule has 1 unspecified atom stereocenters. The van der Waals surface area contributed by atoms with Crippen molar-refractivity contribution in [3.63, 3.8) is 0 Å². The highest BCUT2D eigenvalue weighted by Crippen LogP contribution is 2.31. The molecule has 0 fully saturated rings. The molecule has 3 aromatic rings. The zero-order chi connectivity index (χ0) is 16.6. The summed E-state index contributed by atoms with van der Waals surface area (Å²) in [5, 5.41) is 10.4. The van der Waals surface area contributed by atoms with E-state index in [0.29, 0.717) is 6.42 Å². The van der Waals surface area contributed by atoms with Crippen molar-refractivity contribution < 1.29 is 9.90 Å². The molecule has 4 heteroatoms. The number of fused-ring (bicyclic) bond motifs is 1. The fourth-order valence-electron chi connectivity index (χ4n) is 3.02.